The first-order chi connectivity index (χ1) is 10.7. The lowest BCUT2D eigenvalue weighted by atomic mass is 10.0. The van der Waals surface area contributed by atoms with Gasteiger partial charge in [0.05, 0.1) is 0 Å². The SMILES string of the molecule is O=C1O[C@H](Cc2ccccc2)C(=O)O[C@H]1Cc1ccccc1. The van der Waals surface area contributed by atoms with E-state index >= 15 is 0 Å². The smallest absolute Gasteiger partial charge is 0.348 e. The second-order valence-corrected chi connectivity index (χ2v) is 5.23. The lowest BCUT2D eigenvalue weighted by Gasteiger charge is -2.27. The van der Waals surface area contributed by atoms with Crippen molar-refractivity contribution in [1.82, 2.24) is 0 Å². The number of ether oxygens (including phenoxy) is 2. The standard InChI is InChI=1S/C18H16O4/c19-17-15(11-13-7-3-1-4-8-13)21-18(20)16(22-17)12-14-9-5-2-6-10-14/h1-10,15-16H,11-12H2/t15-,16+. The molecule has 2 atom stereocenters. The number of hydrogen-bond donors (Lipinski definition) is 0. The summed E-state index contributed by atoms with van der Waals surface area (Å²) in [6.07, 6.45) is -1.05. The first-order valence-electron chi connectivity index (χ1n) is 7.21. The maximum Gasteiger partial charge on any atom is 0.348 e. The van der Waals surface area contributed by atoms with Gasteiger partial charge in [-0.25, -0.2) is 9.59 Å². The van der Waals surface area contributed by atoms with Gasteiger partial charge in [-0.3, -0.25) is 0 Å². The molecule has 1 heterocycles. The van der Waals surface area contributed by atoms with Crippen LogP contribution in [-0.4, -0.2) is 24.1 Å². The van der Waals surface area contributed by atoms with Crippen LogP contribution in [0.2, 0.25) is 0 Å². The Hall–Kier alpha value is -2.62. The number of carbonyl (C=O) groups is 2. The Morgan fingerprint density at radius 1 is 0.636 bits per heavy atom. The van der Waals surface area contributed by atoms with E-state index in [9.17, 15) is 9.59 Å². The Bertz CT molecular complexity index is 592. The number of rotatable bonds is 4. The molecule has 4 heteroatoms. The lowest BCUT2D eigenvalue weighted by Crippen LogP contribution is -2.45. The van der Waals surface area contributed by atoms with E-state index in [-0.39, 0.29) is 0 Å². The monoisotopic (exact) mass is 296 g/mol. The molecule has 0 radical (unpaired) electrons. The molecule has 1 saturated heterocycles. The van der Waals surface area contributed by atoms with Crippen LogP contribution >= 0.6 is 0 Å². The van der Waals surface area contributed by atoms with Crippen molar-refractivity contribution >= 4 is 11.9 Å². The minimum atomic E-state index is -0.859. The molecule has 0 bridgehead atoms. The Kier molecular flexibility index (Phi) is 4.19. The molecule has 0 saturated carbocycles. The van der Waals surface area contributed by atoms with E-state index in [1.165, 1.54) is 0 Å². The minimum Gasteiger partial charge on any atom is -0.447 e. The van der Waals surface area contributed by atoms with E-state index < -0.39 is 24.1 Å². The molecule has 0 unspecified atom stereocenters. The van der Waals surface area contributed by atoms with Gasteiger partial charge in [0, 0.05) is 12.8 Å². The number of benzene rings is 2. The van der Waals surface area contributed by atoms with Gasteiger partial charge in [-0.2, -0.15) is 0 Å². The van der Waals surface area contributed by atoms with Gasteiger partial charge in [0.2, 0.25) is 12.2 Å². The summed E-state index contributed by atoms with van der Waals surface area (Å²) in [6.45, 7) is 0. The molecule has 0 aliphatic carbocycles. The molecule has 22 heavy (non-hydrogen) atoms. The van der Waals surface area contributed by atoms with E-state index in [4.69, 9.17) is 9.47 Å². The van der Waals surface area contributed by atoms with Gasteiger partial charge in [-0.1, -0.05) is 60.7 Å². The summed E-state index contributed by atoms with van der Waals surface area (Å²) in [4.78, 5) is 24.1. The van der Waals surface area contributed by atoms with Crippen molar-refractivity contribution in [3.8, 4) is 0 Å². The summed E-state index contributed by atoms with van der Waals surface area (Å²) in [6, 6.07) is 18.8. The Labute approximate surface area is 128 Å². The molecule has 0 N–H and O–H groups in total. The van der Waals surface area contributed by atoms with Crippen LogP contribution in [0.15, 0.2) is 60.7 Å². The van der Waals surface area contributed by atoms with E-state index in [2.05, 4.69) is 0 Å². The summed E-state index contributed by atoms with van der Waals surface area (Å²) in [5.74, 6) is -0.964. The number of cyclic esters (lactones) is 2. The van der Waals surface area contributed by atoms with E-state index in [0.29, 0.717) is 12.8 Å². The topological polar surface area (TPSA) is 52.6 Å². The molecule has 4 nitrogen and oxygen atoms in total. The molecular weight excluding hydrogens is 280 g/mol. The van der Waals surface area contributed by atoms with E-state index in [0.717, 1.165) is 11.1 Å². The zero-order valence-corrected chi connectivity index (χ0v) is 12.0. The van der Waals surface area contributed by atoms with Crippen LogP contribution in [0.4, 0.5) is 0 Å². The van der Waals surface area contributed by atoms with E-state index in [1.54, 1.807) is 0 Å². The van der Waals surface area contributed by atoms with Gasteiger partial charge in [0.25, 0.3) is 0 Å². The third kappa shape index (κ3) is 3.34. The van der Waals surface area contributed by atoms with Gasteiger partial charge in [-0.15, -0.1) is 0 Å². The van der Waals surface area contributed by atoms with Crippen LogP contribution in [-0.2, 0) is 31.9 Å². The average Bonchev–Trinajstić information content (AvgIpc) is 2.54. The molecule has 112 valence electrons. The summed E-state index contributed by atoms with van der Waals surface area (Å²) >= 11 is 0. The van der Waals surface area contributed by atoms with Gasteiger partial charge < -0.3 is 9.47 Å². The highest BCUT2D eigenvalue weighted by atomic mass is 16.6. The second-order valence-electron chi connectivity index (χ2n) is 5.23. The third-order valence-corrected chi connectivity index (χ3v) is 3.57. The van der Waals surface area contributed by atoms with E-state index in [1.807, 2.05) is 60.7 Å². The zero-order valence-electron chi connectivity index (χ0n) is 12.0. The van der Waals surface area contributed by atoms with Crippen molar-refractivity contribution in [3.63, 3.8) is 0 Å². The first-order valence-corrected chi connectivity index (χ1v) is 7.21. The Morgan fingerprint density at radius 3 is 1.36 bits per heavy atom. The van der Waals surface area contributed by atoms with Gasteiger partial charge in [0.1, 0.15) is 0 Å². The molecule has 2 aromatic rings. The molecule has 0 aromatic heterocycles. The molecule has 2 aromatic carbocycles. The van der Waals surface area contributed by atoms with Crippen molar-refractivity contribution in [2.45, 2.75) is 25.0 Å². The van der Waals surface area contributed by atoms with Gasteiger partial charge >= 0.3 is 11.9 Å². The fourth-order valence-corrected chi connectivity index (χ4v) is 2.43. The second kappa shape index (κ2) is 6.43. The quantitative estimate of drug-likeness (QED) is 0.812. The molecule has 0 spiro atoms. The van der Waals surface area contributed by atoms with Crippen LogP contribution in [0.5, 0.6) is 0 Å². The first kappa shape index (κ1) is 14.3. The molecule has 1 fully saturated rings. The zero-order chi connectivity index (χ0) is 15.4. The summed E-state index contributed by atoms with van der Waals surface area (Å²) in [5, 5.41) is 0. The Balaban J connectivity index is 1.64. The number of hydrogen-bond acceptors (Lipinski definition) is 4. The average molecular weight is 296 g/mol. The fraction of sp³-hybridized carbons (Fsp3) is 0.222. The predicted octanol–water partition coefficient (Wildman–Crippen LogP) is 2.31. The van der Waals surface area contributed by atoms with Crippen molar-refractivity contribution in [1.29, 1.82) is 0 Å². The molecule has 1 aliphatic heterocycles. The van der Waals surface area contributed by atoms with Crippen LogP contribution < -0.4 is 0 Å². The minimum absolute atomic E-state index is 0.337. The summed E-state index contributed by atoms with van der Waals surface area (Å²) in [7, 11) is 0. The molecular formula is C18H16O4. The normalized spacial score (nSPS) is 21.1. The van der Waals surface area contributed by atoms with Gasteiger partial charge in [0.15, 0.2) is 0 Å². The summed E-state index contributed by atoms with van der Waals surface area (Å²) in [5.41, 5.74) is 1.86. The number of esters is 2. The predicted molar refractivity (Wildman–Crippen MR) is 80.1 cm³/mol. The maximum absolute atomic E-state index is 12.0. The highest BCUT2D eigenvalue weighted by molar-refractivity contribution is 5.87. The van der Waals surface area contributed by atoms with Crippen molar-refractivity contribution in [2.24, 2.45) is 0 Å². The van der Waals surface area contributed by atoms with Crippen molar-refractivity contribution in [2.75, 3.05) is 0 Å². The largest absolute Gasteiger partial charge is 0.447 e. The van der Waals surface area contributed by atoms with Crippen LogP contribution in [0.25, 0.3) is 0 Å². The van der Waals surface area contributed by atoms with Gasteiger partial charge in [-0.05, 0) is 11.1 Å². The fourth-order valence-electron chi connectivity index (χ4n) is 2.43. The van der Waals surface area contributed by atoms with Crippen LogP contribution in [0.1, 0.15) is 11.1 Å². The summed E-state index contributed by atoms with van der Waals surface area (Å²) < 4.78 is 10.5. The van der Waals surface area contributed by atoms with Crippen LogP contribution in [0, 0.1) is 0 Å². The molecule has 0 amide bonds. The maximum atomic E-state index is 12.0. The highest BCUT2D eigenvalue weighted by Gasteiger charge is 2.38. The molecule has 3 rings (SSSR count). The Morgan fingerprint density at radius 2 is 1.00 bits per heavy atom. The number of carbonyl (C=O) groups excluding carboxylic acids is 2. The lowest BCUT2D eigenvalue weighted by molar-refractivity contribution is -0.194. The van der Waals surface area contributed by atoms with Crippen LogP contribution in [0.3, 0.4) is 0 Å². The van der Waals surface area contributed by atoms with Crippen molar-refractivity contribution < 1.29 is 19.1 Å². The molecule has 1 aliphatic rings. The van der Waals surface area contributed by atoms with Crippen molar-refractivity contribution in [3.05, 3.63) is 71.8 Å². The highest BCUT2D eigenvalue weighted by Crippen LogP contribution is 2.18. The third-order valence-electron chi connectivity index (χ3n) is 3.57.